The summed E-state index contributed by atoms with van der Waals surface area (Å²) in [5, 5.41) is 3.34. The van der Waals surface area contributed by atoms with Gasteiger partial charge in [-0.1, -0.05) is 12.1 Å². The van der Waals surface area contributed by atoms with Gasteiger partial charge in [0.15, 0.2) is 5.17 Å². The topological polar surface area (TPSA) is 59.9 Å². The molecule has 3 aromatic rings. The summed E-state index contributed by atoms with van der Waals surface area (Å²) in [6, 6.07) is 19.4. The van der Waals surface area contributed by atoms with Crippen molar-refractivity contribution in [1.29, 1.82) is 0 Å². The highest BCUT2D eigenvalue weighted by atomic mass is 127. The van der Waals surface area contributed by atoms with Crippen molar-refractivity contribution in [3.8, 4) is 11.5 Å². The number of ether oxygens (including phenoxy) is 2. The molecule has 1 aliphatic heterocycles. The predicted octanol–water partition coefficient (Wildman–Crippen LogP) is 7.30. The maximum Gasteiger partial charge on any atom is 0.264 e. The first-order valence-corrected chi connectivity index (χ1v) is 13.2. The Labute approximate surface area is 226 Å². The molecule has 168 valence electrons. The zero-order valence-electron chi connectivity index (χ0n) is 17.3. The molecule has 1 N–H and O–H groups in total. The molecule has 1 saturated heterocycles. The second kappa shape index (κ2) is 11.1. The maximum atomic E-state index is 12.5. The number of methoxy groups -OCH3 is 1. The van der Waals surface area contributed by atoms with Gasteiger partial charge >= 0.3 is 0 Å². The fraction of sp³-hybridized carbons (Fsp3) is 0.0833. The molecule has 1 fully saturated rings. The third-order valence-corrected chi connectivity index (χ3v) is 7.38. The summed E-state index contributed by atoms with van der Waals surface area (Å²) in [6.07, 6.45) is 1.83. The summed E-state index contributed by atoms with van der Waals surface area (Å²) in [6.45, 7) is 0.456. The van der Waals surface area contributed by atoms with Gasteiger partial charge in [0.05, 0.1) is 26.6 Å². The van der Waals surface area contributed by atoms with Crippen molar-refractivity contribution in [2.45, 2.75) is 6.61 Å². The molecular formula is C24H17Br2IN2O3S. The average molecular weight is 700 g/mol. The Morgan fingerprint density at radius 2 is 1.73 bits per heavy atom. The molecule has 0 spiro atoms. The summed E-state index contributed by atoms with van der Waals surface area (Å²) in [5.74, 6) is 1.28. The van der Waals surface area contributed by atoms with Crippen molar-refractivity contribution in [3.05, 3.63) is 89.2 Å². The van der Waals surface area contributed by atoms with Gasteiger partial charge in [-0.3, -0.25) is 4.79 Å². The van der Waals surface area contributed by atoms with Crippen molar-refractivity contribution < 1.29 is 14.3 Å². The molecule has 0 aliphatic carbocycles. The smallest absolute Gasteiger partial charge is 0.264 e. The van der Waals surface area contributed by atoms with E-state index in [2.05, 4.69) is 76.9 Å². The first-order valence-electron chi connectivity index (χ1n) is 9.71. The number of amides is 1. The van der Waals surface area contributed by atoms with Crippen LogP contribution in [0.3, 0.4) is 0 Å². The Kier molecular flexibility index (Phi) is 8.15. The first kappa shape index (κ1) is 24.3. The molecular weight excluding hydrogens is 683 g/mol. The van der Waals surface area contributed by atoms with E-state index in [1.54, 1.807) is 7.11 Å². The van der Waals surface area contributed by atoms with Gasteiger partial charge in [-0.15, -0.1) is 0 Å². The van der Waals surface area contributed by atoms with Crippen LogP contribution in [0, 0.1) is 3.57 Å². The zero-order chi connectivity index (χ0) is 23.4. The monoisotopic (exact) mass is 698 g/mol. The molecule has 0 saturated carbocycles. The number of carbonyl (C=O) groups is 1. The van der Waals surface area contributed by atoms with Gasteiger partial charge in [-0.2, -0.15) is 0 Å². The number of thioether (sulfide) groups is 1. The fourth-order valence-electron chi connectivity index (χ4n) is 2.94. The highest BCUT2D eigenvalue weighted by Crippen LogP contribution is 2.37. The van der Waals surface area contributed by atoms with Crippen molar-refractivity contribution in [3.63, 3.8) is 0 Å². The third kappa shape index (κ3) is 6.40. The van der Waals surface area contributed by atoms with Gasteiger partial charge in [0.25, 0.3) is 5.91 Å². The molecule has 4 rings (SSSR count). The molecule has 1 heterocycles. The summed E-state index contributed by atoms with van der Waals surface area (Å²) in [7, 11) is 1.62. The molecule has 0 aromatic heterocycles. The average Bonchev–Trinajstić information content (AvgIpc) is 3.13. The second-order valence-electron chi connectivity index (χ2n) is 6.91. The Balaban J connectivity index is 1.48. The van der Waals surface area contributed by atoms with Crippen molar-refractivity contribution >= 4 is 89.1 Å². The molecule has 9 heteroatoms. The number of hydrogen-bond donors (Lipinski definition) is 1. The minimum atomic E-state index is -0.182. The third-order valence-electron chi connectivity index (χ3n) is 4.57. The molecule has 3 aromatic carbocycles. The molecule has 0 radical (unpaired) electrons. The number of amidine groups is 1. The lowest BCUT2D eigenvalue weighted by Crippen LogP contribution is -2.19. The number of aliphatic imine (C=N–C) groups is 1. The van der Waals surface area contributed by atoms with E-state index < -0.39 is 0 Å². The fourth-order valence-corrected chi connectivity index (χ4v) is 5.59. The predicted molar refractivity (Wildman–Crippen MR) is 149 cm³/mol. The number of nitrogens with zero attached hydrogens (tertiary/aromatic N) is 1. The van der Waals surface area contributed by atoms with Crippen LogP contribution in [-0.2, 0) is 11.4 Å². The summed E-state index contributed by atoms with van der Waals surface area (Å²) < 4.78 is 13.9. The number of rotatable bonds is 6. The van der Waals surface area contributed by atoms with E-state index >= 15 is 0 Å². The van der Waals surface area contributed by atoms with Gasteiger partial charge < -0.3 is 14.8 Å². The zero-order valence-corrected chi connectivity index (χ0v) is 23.4. The molecule has 33 heavy (non-hydrogen) atoms. The van der Waals surface area contributed by atoms with E-state index in [4.69, 9.17) is 9.47 Å². The van der Waals surface area contributed by atoms with E-state index in [1.807, 2.05) is 54.6 Å². The second-order valence-corrected chi connectivity index (χ2v) is 10.9. The van der Waals surface area contributed by atoms with E-state index in [0.29, 0.717) is 22.4 Å². The number of carbonyl (C=O) groups excluding carboxylic acids is 1. The number of benzene rings is 3. The first-order chi connectivity index (χ1) is 15.9. The molecule has 0 bridgehead atoms. The lowest BCUT2D eigenvalue weighted by molar-refractivity contribution is -0.115. The van der Waals surface area contributed by atoms with Crippen molar-refractivity contribution in [2.24, 2.45) is 4.99 Å². The molecule has 5 nitrogen and oxygen atoms in total. The van der Waals surface area contributed by atoms with E-state index in [1.165, 1.54) is 15.3 Å². The van der Waals surface area contributed by atoms with Crippen LogP contribution in [0.25, 0.3) is 6.08 Å². The minimum Gasteiger partial charge on any atom is -0.497 e. The van der Waals surface area contributed by atoms with Crippen LogP contribution in [-0.4, -0.2) is 18.2 Å². The van der Waals surface area contributed by atoms with Crippen LogP contribution < -0.4 is 14.8 Å². The molecule has 0 atom stereocenters. The van der Waals surface area contributed by atoms with Crippen LogP contribution in [0.1, 0.15) is 11.1 Å². The summed E-state index contributed by atoms with van der Waals surface area (Å²) >= 11 is 10.8. The Morgan fingerprint density at radius 1 is 1.06 bits per heavy atom. The standard InChI is InChI=1S/C24H17Br2IN2O3S/c1-31-18-8-6-17(7-9-18)28-24-29-23(30)21(33-24)12-15-10-19(25)22(20(26)11-15)32-13-14-2-4-16(27)5-3-14/h2-12H,13H2,1H3,(H,28,29,30)/b21-12+. The van der Waals surface area contributed by atoms with Gasteiger partial charge in [0.2, 0.25) is 0 Å². The van der Waals surface area contributed by atoms with Crippen LogP contribution in [0.5, 0.6) is 11.5 Å². The van der Waals surface area contributed by atoms with Crippen LogP contribution in [0.15, 0.2) is 79.5 Å². The number of hydrogen-bond acceptors (Lipinski definition) is 5. The minimum absolute atomic E-state index is 0.182. The maximum absolute atomic E-state index is 12.5. The Hall–Kier alpha value is -1.82. The van der Waals surface area contributed by atoms with Crippen molar-refractivity contribution in [2.75, 3.05) is 7.11 Å². The largest absolute Gasteiger partial charge is 0.497 e. The van der Waals surface area contributed by atoms with E-state index in [0.717, 1.165) is 31.5 Å². The lowest BCUT2D eigenvalue weighted by Gasteiger charge is -2.12. The quantitative estimate of drug-likeness (QED) is 0.217. The van der Waals surface area contributed by atoms with E-state index in [-0.39, 0.29) is 5.91 Å². The SMILES string of the molecule is COc1ccc(N=C2NC(=O)/C(=C\c3cc(Br)c(OCc4ccc(I)cc4)c(Br)c3)S2)cc1. The van der Waals surface area contributed by atoms with Gasteiger partial charge in [0, 0.05) is 3.57 Å². The lowest BCUT2D eigenvalue weighted by atomic mass is 10.2. The van der Waals surface area contributed by atoms with Crippen LogP contribution in [0.4, 0.5) is 5.69 Å². The van der Waals surface area contributed by atoms with Crippen LogP contribution in [0.2, 0.25) is 0 Å². The molecule has 1 amide bonds. The normalized spacial score (nSPS) is 15.7. The van der Waals surface area contributed by atoms with E-state index in [9.17, 15) is 4.79 Å². The summed E-state index contributed by atoms with van der Waals surface area (Å²) in [4.78, 5) is 17.5. The van der Waals surface area contributed by atoms with Gasteiger partial charge in [0.1, 0.15) is 18.1 Å². The van der Waals surface area contributed by atoms with Crippen LogP contribution >= 0.6 is 66.2 Å². The highest BCUT2D eigenvalue weighted by molar-refractivity contribution is 14.1. The Morgan fingerprint density at radius 3 is 2.36 bits per heavy atom. The van der Waals surface area contributed by atoms with Gasteiger partial charge in [-0.05, 0) is 132 Å². The molecule has 0 unspecified atom stereocenters. The van der Waals surface area contributed by atoms with Gasteiger partial charge in [-0.25, -0.2) is 4.99 Å². The summed E-state index contributed by atoms with van der Waals surface area (Å²) in [5.41, 5.74) is 2.68. The number of halogens is 3. The Bertz CT molecular complexity index is 1220. The number of nitrogens with one attached hydrogen (secondary N) is 1. The highest BCUT2D eigenvalue weighted by Gasteiger charge is 2.24. The molecule has 1 aliphatic rings. The van der Waals surface area contributed by atoms with Crippen molar-refractivity contribution in [1.82, 2.24) is 5.32 Å².